The second kappa shape index (κ2) is 4.80. The van der Waals surface area contributed by atoms with E-state index < -0.39 is 6.43 Å². The standard InChI is InChI=1S/C8H4Br2F2N2/c9-5-3-14-7(10)6(8(11)12)4(5)1-2-13/h3,8H,1H2. The summed E-state index contributed by atoms with van der Waals surface area (Å²) in [5.74, 6) is 0. The fourth-order valence-electron chi connectivity index (χ4n) is 0.994. The van der Waals surface area contributed by atoms with Crippen LogP contribution in [0.5, 0.6) is 0 Å². The number of alkyl halides is 2. The average Bonchev–Trinajstić information content (AvgIpc) is 2.11. The Hall–Kier alpha value is -0.540. The van der Waals surface area contributed by atoms with E-state index in [1.54, 1.807) is 0 Å². The van der Waals surface area contributed by atoms with Crippen molar-refractivity contribution < 1.29 is 8.78 Å². The Bertz CT molecular complexity index is 388. The van der Waals surface area contributed by atoms with Crippen molar-refractivity contribution in [2.24, 2.45) is 0 Å². The van der Waals surface area contributed by atoms with Gasteiger partial charge in [-0.3, -0.25) is 0 Å². The molecule has 0 N–H and O–H groups in total. The van der Waals surface area contributed by atoms with Crippen LogP contribution in [0.4, 0.5) is 8.78 Å². The Morgan fingerprint density at radius 2 is 2.14 bits per heavy atom. The van der Waals surface area contributed by atoms with Gasteiger partial charge in [-0.25, -0.2) is 13.8 Å². The molecule has 0 saturated carbocycles. The molecule has 0 radical (unpaired) electrons. The summed E-state index contributed by atoms with van der Waals surface area (Å²) in [6.07, 6.45) is -1.32. The molecule has 0 unspecified atom stereocenters. The van der Waals surface area contributed by atoms with Gasteiger partial charge in [-0.15, -0.1) is 0 Å². The Balaban J connectivity index is 3.35. The van der Waals surface area contributed by atoms with Gasteiger partial charge in [0.2, 0.25) is 0 Å². The minimum absolute atomic E-state index is 0.0681. The van der Waals surface area contributed by atoms with Gasteiger partial charge in [0.05, 0.1) is 18.1 Å². The van der Waals surface area contributed by atoms with Crippen LogP contribution < -0.4 is 0 Å². The van der Waals surface area contributed by atoms with Crippen LogP contribution in [-0.4, -0.2) is 4.98 Å². The number of nitriles is 1. The zero-order valence-electron chi connectivity index (χ0n) is 6.77. The molecule has 0 aliphatic carbocycles. The third kappa shape index (κ3) is 2.28. The normalized spacial score (nSPS) is 10.3. The lowest BCUT2D eigenvalue weighted by Crippen LogP contribution is -1.99. The van der Waals surface area contributed by atoms with Gasteiger partial charge in [0.15, 0.2) is 0 Å². The second-order valence-corrected chi connectivity index (χ2v) is 4.03. The lowest BCUT2D eigenvalue weighted by atomic mass is 10.1. The molecule has 0 atom stereocenters. The van der Waals surface area contributed by atoms with E-state index in [4.69, 9.17) is 5.26 Å². The van der Waals surface area contributed by atoms with Crippen molar-refractivity contribution in [2.45, 2.75) is 12.8 Å². The van der Waals surface area contributed by atoms with Gasteiger partial charge < -0.3 is 0 Å². The Morgan fingerprint density at radius 1 is 1.50 bits per heavy atom. The topological polar surface area (TPSA) is 36.7 Å². The number of rotatable bonds is 2. The molecule has 0 bridgehead atoms. The molecular formula is C8H4Br2F2N2. The molecule has 1 heterocycles. The molecule has 0 saturated heterocycles. The second-order valence-electron chi connectivity index (χ2n) is 2.42. The highest BCUT2D eigenvalue weighted by molar-refractivity contribution is 9.11. The van der Waals surface area contributed by atoms with Crippen molar-refractivity contribution in [1.82, 2.24) is 4.98 Å². The number of pyridine rings is 1. The summed E-state index contributed by atoms with van der Waals surface area (Å²) in [7, 11) is 0. The highest BCUT2D eigenvalue weighted by Gasteiger charge is 2.19. The first kappa shape index (κ1) is 11.5. The molecule has 1 aromatic rings. The molecule has 74 valence electrons. The fraction of sp³-hybridized carbons (Fsp3) is 0.250. The molecule has 0 aliphatic rings. The zero-order valence-corrected chi connectivity index (χ0v) is 9.94. The van der Waals surface area contributed by atoms with Gasteiger partial charge in [-0.05, 0) is 37.4 Å². The highest BCUT2D eigenvalue weighted by Crippen LogP contribution is 2.33. The monoisotopic (exact) mass is 324 g/mol. The largest absolute Gasteiger partial charge is 0.266 e. The third-order valence-electron chi connectivity index (χ3n) is 1.60. The van der Waals surface area contributed by atoms with Crippen LogP contribution in [0.25, 0.3) is 0 Å². The van der Waals surface area contributed by atoms with Gasteiger partial charge in [-0.1, -0.05) is 0 Å². The Morgan fingerprint density at radius 3 is 2.64 bits per heavy atom. The maximum atomic E-state index is 12.6. The molecule has 1 aromatic heterocycles. The lowest BCUT2D eigenvalue weighted by Gasteiger charge is -2.09. The van der Waals surface area contributed by atoms with Crippen LogP contribution in [0, 0.1) is 11.3 Å². The van der Waals surface area contributed by atoms with Gasteiger partial charge in [-0.2, -0.15) is 5.26 Å². The number of aromatic nitrogens is 1. The van der Waals surface area contributed by atoms with Crippen molar-refractivity contribution in [3.63, 3.8) is 0 Å². The maximum Gasteiger partial charge on any atom is 0.266 e. The van der Waals surface area contributed by atoms with Crippen LogP contribution in [0.15, 0.2) is 15.3 Å². The van der Waals surface area contributed by atoms with E-state index in [0.29, 0.717) is 4.47 Å². The van der Waals surface area contributed by atoms with Crippen LogP contribution in [-0.2, 0) is 6.42 Å². The van der Waals surface area contributed by atoms with Crippen LogP contribution >= 0.6 is 31.9 Å². The molecule has 1 rings (SSSR count). The first-order valence-electron chi connectivity index (χ1n) is 3.55. The van der Waals surface area contributed by atoms with Gasteiger partial charge in [0.25, 0.3) is 6.43 Å². The first-order chi connectivity index (χ1) is 6.57. The molecule has 0 aromatic carbocycles. The highest BCUT2D eigenvalue weighted by atomic mass is 79.9. The van der Waals surface area contributed by atoms with Crippen molar-refractivity contribution >= 4 is 31.9 Å². The summed E-state index contributed by atoms with van der Waals surface area (Å²) >= 11 is 6.01. The summed E-state index contributed by atoms with van der Waals surface area (Å²) in [5.41, 5.74) is 0.0605. The Kier molecular flexibility index (Phi) is 3.96. The average molecular weight is 326 g/mol. The van der Waals surface area contributed by atoms with E-state index in [2.05, 4.69) is 36.8 Å². The van der Waals surface area contributed by atoms with Crippen LogP contribution in [0.3, 0.4) is 0 Å². The van der Waals surface area contributed by atoms with Gasteiger partial charge in [0.1, 0.15) is 4.60 Å². The molecule has 6 heteroatoms. The van der Waals surface area contributed by atoms with Gasteiger partial charge >= 0.3 is 0 Å². The lowest BCUT2D eigenvalue weighted by molar-refractivity contribution is 0.149. The SMILES string of the molecule is N#CCc1c(Br)cnc(Br)c1C(F)F. The molecule has 0 spiro atoms. The fourth-order valence-corrected chi connectivity index (χ4v) is 1.97. The summed E-state index contributed by atoms with van der Waals surface area (Å²) in [5, 5.41) is 8.49. The van der Waals surface area contributed by atoms with E-state index in [9.17, 15) is 8.78 Å². The minimum Gasteiger partial charge on any atom is -0.248 e. The quantitative estimate of drug-likeness (QED) is 0.779. The zero-order chi connectivity index (χ0) is 10.7. The van der Waals surface area contributed by atoms with E-state index >= 15 is 0 Å². The number of halogens is 4. The number of hydrogen-bond acceptors (Lipinski definition) is 2. The van der Waals surface area contributed by atoms with Crippen molar-refractivity contribution in [2.75, 3.05) is 0 Å². The molecule has 0 amide bonds. The predicted octanol–water partition coefficient (Wildman–Crippen LogP) is 3.61. The maximum absolute atomic E-state index is 12.6. The third-order valence-corrected chi connectivity index (χ3v) is 2.92. The van der Waals surface area contributed by atoms with Crippen LogP contribution in [0.2, 0.25) is 0 Å². The van der Waals surface area contributed by atoms with E-state index in [1.165, 1.54) is 6.20 Å². The van der Waals surface area contributed by atoms with Crippen molar-refractivity contribution in [1.29, 1.82) is 5.26 Å². The van der Waals surface area contributed by atoms with Crippen LogP contribution in [0.1, 0.15) is 17.6 Å². The molecular weight excluding hydrogens is 322 g/mol. The number of nitrogens with zero attached hydrogens (tertiary/aromatic N) is 2. The molecule has 14 heavy (non-hydrogen) atoms. The van der Waals surface area contributed by atoms with E-state index in [1.807, 2.05) is 6.07 Å². The molecule has 0 aliphatic heterocycles. The van der Waals surface area contributed by atoms with E-state index in [-0.39, 0.29) is 22.2 Å². The predicted molar refractivity (Wildman–Crippen MR) is 53.9 cm³/mol. The van der Waals surface area contributed by atoms with Gasteiger partial charge in [0, 0.05) is 10.7 Å². The van der Waals surface area contributed by atoms with Crippen molar-refractivity contribution in [3.8, 4) is 6.07 Å². The summed E-state index contributed by atoms with van der Waals surface area (Å²) in [4.78, 5) is 3.72. The minimum atomic E-state index is -2.64. The first-order valence-corrected chi connectivity index (χ1v) is 5.14. The smallest absolute Gasteiger partial charge is 0.248 e. The molecule has 0 fully saturated rings. The molecule has 2 nitrogen and oxygen atoms in total. The van der Waals surface area contributed by atoms with Crippen molar-refractivity contribution in [3.05, 3.63) is 26.4 Å². The summed E-state index contributed by atoms with van der Waals surface area (Å²) in [6, 6.07) is 1.84. The summed E-state index contributed by atoms with van der Waals surface area (Å²) < 4.78 is 25.7. The number of hydrogen-bond donors (Lipinski definition) is 0. The summed E-state index contributed by atoms with van der Waals surface area (Å²) in [6.45, 7) is 0. The van der Waals surface area contributed by atoms with E-state index in [0.717, 1.165) is 0 Å². The Labute approximate surface area is 96.2 Å².